The summed E-state index contributed by atoms with van der Waals surface area (Å²) >= 11 is 6.44. The second-order valence-electron chi connectivity index (χ2n) is 4.22. The van der Waals surface area contributed by atoms with Crippen LogP contribution in [-0.2, 0) is 11.9 Å². The van der Waals surface area contributed by atoms with E-state index in [0.717, 1.165) is 5.56 Å². The third kappa shape index (κ3) is 4.01. The molecule has 0 saturated heterocycles. The Morgan fingerprint density at radius 2 is 2.00 bits per heavy atom. The molecule has 0 fully saturated rings. The predicted molar refractivity (Wildman–Crippen MR) is 84.2 cm³/mol. The van der Waals surface area contributed by atoms with Gasteiger partial charge in [0.05, 0.1) is 4.92 Å². The molecule has 7 heteroatoms. The van der Waals surface area contributed by atoms with Crippen molar-refractivity contribution in [3.63, 3.8) is 0 Å². The van der Waals surface area contributed by atoms with Gasteiger partial charge in [0.1, 0.15) is 12.4 Å². The van der Waals surface area contributed by atoms with Gasteiger partial charge in [-0.15, -0.1) is 0 Å². The number of hydrogen-bond acceptors (Lipinski definition) is 3. The molecule has 0 amide bonds. The van der Waals surface area contributed by atoms with Crippen LogP contribution in [0.5, 0.6) is 5.75 Å². The molecule has 0 aliphatic heterocycles. The molecule has 0 radical (unpaired) electrons. The van der Waals surface area contributed by atoms with Gasteiger partial charge in [-0.05, 0) is 23.8 Å². The second-order valence-corrected chi connectivity index (χ2v) is 5.69. The Hall–Kier alpha value is -1.47. The molecule has 4 nitrogen and oxygen atoms in total. The van der Waals surface area contributed by atoms with Crippen molar-refractivity contribution in [3.05, 3.63) is 67.9 Å². The van der Waals surface area contributed by atoms with Crippen molar-refractivity contribution in [3.8, 4) is 5.75 Å². The molecule has 0 aliphatic rings. The Balaban J connectivity index is 2.24. The maximum atomic E-state index is 13.7. The maximum absolute atomic E-state index is 13.7. The number of alkyl halides is 1. The molecule has 0 heterocycles. The zero-order valence-electron chi connectivity index (χ0n) is 10.7. The van der Waals surface area contributed by atoms with Gasteiger partial charge in [-0.25, -0.2) is 4.39 Å². The van der Waals surface area contributed by atoms with E-state index in [9.17, 15) is 14.5 Å². The lowest BCUT2D eigenvalue weighted by Crippen LogP contribution is -2.01. The van der Waals surface area contributed by atoms with E-state index >= 15 is 0 Å². The molecule has 21 heavy (non-hydrogen) atoms. The van der Waals surface area contributed by atoms with Crippen molar-refractivity contribution in [1.29, 1.82) is 0 Å². The molecule has 0 aliphatic carbocycles. The highest BCUT2D eigenvalue weighted by atomic mass is 79.9. The van der Waals surface area contributed by atoms with Crippen molar-refractivity contribution in [2.24, 2.45) is 0 Å². The minimum absolute atomic E-state index is 0.0777. The second kappa shape index (κ2) is 7.00. The summed E-state index contributed by atoms with van der Waals surface area (Å²) in [5.41, 5.74) is 1.03. The van der Waals surface area contributed by atoms with Crippen LogP contribution in [-0.4, -0.2) is 4.92 Å². The van der Waals surface area contributed by atoms with E-state index < -0.39 is 10.7 Å². The molecule has 2 rings (SSSR count). The summed E-state index contributed by atoms with van der Waals surface area (Å²) < 4.78 is 19.8. The lowest BCUT2D eigenvalue weighted by molar-refractivity contribution is -0.386. The number of nitrogens with zero attached hydrogens (tertiary/aromatic N) is 1. The lowest BCUT2D eigenvalue weighted by Gasteiger charge is -2.09. The number of hydrogen-bond donors (Lipinski definition) is 0. The monoisotopic (exact) mass is 417 g/mol. The van der Waals surface area contributed by atoms with E-state index in [1.165, 1.54) is 12.1 Å². The summed E-state index contributed by atoms with van der Waals surface area (Å²) in [5.74, 6) is -0.303. The molecule has 0 spiro atoms. The molecule has 0 N–H and O–H groups in total. The van der Waals surface area contributed by atoms with Crippen LogP contribution in [0.25, 0.3) is 0 Å². The zero-order chi connectivity index (χ0) is 15.4. The van der Waals surface area contributed by atoms with Crippen LogP contribution in [0.2, 0.25) is 0 Å². The zero-order valence-corrected chi connectivity index (χ0v) is 13.9. The molecular weight excluding hydrogens is 409 g/mol. The van der Waals surface area contributed by atoms with Gasteiger partial charge in [0.2, 0.25) is 0 Å². The molecule has 0 saturated carbocycles. The minimum Gasteiger partial charge on any atom is -0.482 e. The first-order valence-electron chi connectivity index (χ1n) is 5.91. The average Bonchev–Trinajstić information content (AvgIpc) is 2.45. The SMILES string of the molecule is O=[N+]([O-])c1ccc(CBr)cc1OCc1ccc(Br)cc1F. The number of ether oxygens (including phenoxy) is 1. The van der Waals surface area contributed by atoms with Crippen LogP contribution in [0.15, 0.2) is 40.9 Å². The van der Waals surface area contributed by atoms with E-state index in [2.05, 4.69) is 31.9 Å². The van der Waals surface area contributed by atoms with Gasteiger partial charge >= 0.3 is 5.69 Å². The Morgan fingerprint density at radius 3 is 2.62 bits per heavy atom. The van der Waals surface area contributed by atoms with Gasteiger partial charge in [-0.2, -0.15) is 0 Å². The first kappa shape index (κ1) is 15.9. The Bertz CT molecular complexity index is 679. The molecular formula is C14H10Br2FNO3. The van der Waals surface area contributed by atoms with Crippen LogP contribution >= 0.6 is 31.9 Å². The Kier molecular flexibility index (Phi) is 5.30. The highest BCUT2D eigenvalue weighted by Crippen LogP contribution is 2.30. The lowest BCUT2D eigenvalue weighted by atomic mass is 10.2. The normalized spacial score (nSPS) is 10.4. The van der Waals surface area contributed by atoms with Crippen molar-refractivity contribution < 1.29 is 14.1 Å². The summed E-state index contributed by atoms with van der Waals surface area (Å²) in [6, 6.07) is 9.17. The molecule has 0 unspecified atom stereocenters. The van der Waals surface area contributed by atoms with Gasteiger partial charge in [0.25, 0.3) is 0 Å². The van der Waals surface area contributed by atoms with Gasteiger partial charge in [0.15, 0.2) is 5.75 Å². The Morgan fingerprint density at radius 1 is 1.24 bits per heavy atom. The summed E-state index contributed by atoms with van der Waals surface area (Å²) in [6.07, 6.45) is 0. The third-order valence-electron chi connectivity index (χ3n) is 2.77. The van der Waals surface area contributed by atoms with Crippen molar-refractivity contribution >= 4 is 37.5 Å². The molecule has 0 atom stereocenters. The van der Waals surface area contributed by atoms with Gasteiger partial charge < -0.3 is 4.74 Å². The van der Waals surface area contributed by atoms with Crippen molar-refractivity contribution in [2.75, 3.05) is 0 Å². The first-order valence-corrected chi connectivity index (χ1v) is 7.82. The summed E-state index contributed by atoms with van der Waals surface area (Å²) in [7, 11) is 0. The summed E-state index contributed by atoms with van der Waals surface area (Å²) in [4.78, 5) is 10.5. The average molecular weight is 419 g/mol. The van der Waals surface area contributed by atoms with Crippen LogP contribution in [0.3, 0.4) is 0 Å². The maximum Gasteiger partial charge on any atom is 0.310 e. The number of rotatable bonds is 5. The Labute approximate surface area is 137 Å². The first-order chi connectivity index (χ1) is 10.0. The molecule has 2 aromatic rings. The fraction of sp³-hybridized carbons (Fsp3) is 0.143. The van der Waals surface area contributed by atoms with Crippen LogP contribution < -0.4 is 4.74 Å². The van der Waals surface area contributed by atoms with E-state index in [4.69, 9.17) is 4.74 Å². The number of halogens is 3. The van der Waals surface area contributed by atoms with Gasteiger partial charge in [-0.1, -0.05) is 44.0 Å². The highest BCUT2D eigenvalue weighted by Gasteiger charge is 2.16. The standard InChI is InChI=1S/C14H10Br2FNO3/c15-7-9-1-4-13(18(19)20)14(5-9)21-8-10-2-3-11(16)6-12(10)17/h1-6H,7-8H2. The number of nitro benzene ring substituents is 1. The van der Waals surface area contributed by atoms with E-state index in [0.29, 0.717) is 15.4 Å². The van der Waals surface area contributed by atoms with Crippen LogP contribution in [0.4, 0.5) is 10.1 Å². The van der Waals surface area contributed by atoms with Crippen LogP contribution in [0.1, 0.15) is 11.1 Å². The van der Waals surface area contributed by atoms with E-state index in [1.807, 2.05) is 0 Å². The fourth-order valence-electron chi connectivity index (χ4n) is 1.70. The van der Waals surface area contributed by atoms with Crippen LogP contribution in [0, 0.1) is 15.9 Å². The van der Waals surface area contributed by atoms with E-state index in [1.54, 1.807) is 24.3 Å². The third-order valence-corrected chi connectivity index (χ3v) is 3.91. The minimum atomic E-state index is -0.523. The molecule has 110 valence electrons. The largest absolute Gasteiger partial charge is 0.482 e. The molecule has 0 bridgehead atoms. The number of benzene rings is 2. The summed E-state index contributed by atoms with van der Waals surface area (Å²) in [5, 5.41) is 11.5. The molecule has 0 aromatic heterocycles. The van der Waals surface area contributed by atoms with Gasteiger partial charge in [0, 0.05) is 21.4 Å². The summed E-state index contributed by atoms with van der Waals surface area (Å²) in [6.45, 7) is -0.0777. The highest BCUT2D eigenvalue weighted by molar-refractivity contribution is 9.10. The predicted octanol–water partition coefficient (Wildman–Crippen LogP) is 4.97. The quantitative estimate of drug-likeness (QED) is 0.391. The van der Waals surface area contributed by atoms with Crippen molar-refractivity contribution in [1.82, 2.24) is 0 Å². The van der Waals surface area contributed by atoms with E-state index in [-0.39, 0.29) is 18.0 Å². The fourth-order valence-corrected chi connectivity index (χ4v) is 2.38. The topological polar surface area (TPSA) is 52.4 Å². The van der Waals surface area contributed by atoms with Crippen molar-refractivity contribution in [2.45, 2.75) is 11.9 Å². The number of nitro groups is 1. The molecule has 2 aromatic carbocycles. The van der Waals surface area contributed by atoms with Gasteiger partial charge in [-0.3, -0.25) is 10.1 Å². The smallest absolute Gasteiger partial charge is 0.310 e.